The van der Waals surface area contributed by atoms with Gasteiger partial charge in [0.15, 0.2) is 0 Å². The largest absolute Gasteiger partial charge is 0.494 e. The number of hydrogen-bond donors (Lipinski definition) is 2. The zero-order valence-electron chi connectivity index (χ0n) is 16.8. The van der Waals surface area contributed by atoms with Crippen molar-refractivity contribution in [2.45, 2.75) is 33.2 Å². The highest BCUT2D eigenvalue weighted by Crippen LogP contribution is 2.37. The highest BCUT2D eigenvalue weighted by atomic mass is 16.5. The van der Waals surface area contributed by atoms with E-state index < -0.39 is 11.8 Å². The van der Waals surface area contributed by atoms with Gasteiger partial charge in [-0.1, -0.05) is 13.3 Å². The van der Waals surface area contributed by atoms with Crippen molar-refractivity contribution in [2.75, 3.05) is 6.61 Å². The van der Waals surface area contributed by atoms with Crippen molar-refractivity contribution in [2.24, 2.45) is 10.2 Å². The van der Waals surface area contributed by atoms with Crippen LogP contribution in [0.3, 0.4) is 0 Å². The Bertz CT molecular complexity index is 1100. The second-order valence-electron chi connectivity index (χ2n) is 6.68. The summed E-state index contributed by atoms with van der Waals surface area (Å²) < 4.78 is 6.72. The minimum Gasteiger partial charge on any atom is -0.494 e. The average molecular weight is 409 g/mol. The summed E-state index contributed by atoms with van der Waals surface area (Å²) in [5.74, 6) is -0.922. The summed E-state index contributed by atoms with van der Waals surface area (Å²) in [5, 5.41) is 28.5. The minimum absolute atomic E-state index is 0.0535. The molecule has 0 atom stereocenters. The molecular formula is C22H23N3O5. The molecule has 0 saturated heterocycles. The number of unbranched alkanes of at least 4 members (excludes halogenated alkanes) is 1. The molecule has 0 aliphatic carbocycles. The minimum atomic E-state index is -0.726. The third-order valence-electron chi connectivity index (χ3n) is 4.64. The lowest BCUT2D eigenvalue weighted by atomic mass is 10.1. The van der Waals surface area contributed by atoms with Crippen LogP contribution in [0.2, 0.25) is 0 Å². The maximum Gasteiger partial charge on any atom is 0.295 e. The first kappa shape index (κ1) is 21.0. The number of carbonyl (C=O) groups is 2. The number of azo groups is 1. The van der Waals surface area contributed by atoms with E-state index >= 15 is 0 Å². The van der Waals surface area contributed by atoms with Gasteiger partial charge in [0.1, 0.15) is 5.75 Å². The van der Waals surface area contributed by atoms with Crippen molar-refractivity contribution in [1.82, 2.24) is 4.57 Å². The van der Waals surface area contributed by atoms with Crippen LogP contribution in [-0.4, -0.2) is 33.2 Å². The fraction of sp³-hybridized carbons (Fsp3) is 0.273. The monoisotopic (exact) mass is 409 g/mol. The summed E-state index contributed by atoms with van der Waals surface area (Å²) in [6.07, 6.45) is 1.69. The molecule has 2 N–H and O–H groups in total. The van der Waals surface area contributed by atoms with Gasteiger partial charge < -0.3 is 14.9 Å². The number of carbonyl (C=O) groups excluding carboxylic acids is 2. The van der Waals surface area contributed by atoms with Crippen LogP contribution in [0.1, 0.15) is 47.4 Å². The zero-order chi connectivity index (χ0) is 21.7. The van der Waals surface area contributed by atoms with E-state index in [-0.39, 0.29) is 22.9 Å². The lowest BCUT2D eigenvalue weighted by molar-refractivity contribution is 0.0947. The second-order valence-corrected chi connectivity index (χ2v) is 6.68. The molecule has 0 bridgehead atoms. The van der Waals surface area contributed by atoms with E-state index in [4.69, 9.17) is 4.74 Å². The molecule has 0 aliphatic heterocycles. The van der Waals surface area contributed by atoms with Crippen LogP contribution in [0, 0.1) is 0 Å². The SMILES string of the molecule is CCCCn1c(O)c2ccc(C(=O)N=NC(=O)c3ccc(OCC)cc3)cc2c1O. The third-order valence-corrected chi connectivity index (χ3v) is 4.64. The molecule has 8 heteroatoms. The first-order valence-corrected chi connectivity index (χ1v) is 9.73. The Kier molecular flexibility index (Phi) is 6.46. The van der Waals surface area contributed by atoms with Crippen LogP contribution in [0.5, 0.6) is 17.5 Å². The van der Waals surface area contributed by atoms with Gasteiger partial charge in [0.25, 0.3) is 11.8 Å². The summed E-state index contributed by atoms with van der Waals surface area (Å²) >= 11 is 0. The van der Waals surface area contributed by atoms with Crippen LogP contribution in [0.4, 0.5) is 0 Å². The lowest BCUT2D eigenvalue weighted by Crippen LogP contribution is -1.98. The number of fused-ring (bicyclic) bond motifs is 1. The lowest BCUT2D eigenvalue weighted by Gasteiger charge is -2.04. The average Bonchev–Trinajstić information content (AvgIpc) is 3.00. The molecule has 8 nitrogen and oxygen atoms in total. The van der Waals surface area contributed by atoms with Crippen molar-refractivity contribution < 1.29 is 24.5 Å². The van der Waals surface area contributed by atoms with Gasteiger partial charge in [0.05, 0.1) is 6.61 Å². The molecule has 0 spiro atoms. The number of benzene rings is 2. The predicted molar refractivity (Wildman–Crippen MR) is 111 cm³/mol. The highest BCUT2D eigenvalue weighted by molar-refractivity contribution is 6.03. The molecule has 0 aliphatic rings. The Morgan fingerprint density at radius 2 is 1.50 bits per heavy atom. The summed E-state index contributed by atoms with van der Waals surface area (Å²) in [5.41, 5.74) is 0.426. The maximum absolute atomic E-state index is 12.4. The fourth-order valence-electron chi connectivity index (χ4n) is 3.04. The van der Waals surface area contributed by atoms with Gasteiger partial charge in [0.2, 0.25) is 11.8 Å². The molecule has 2 amide bonds. The van der Waals surface area contributed by atoms with Crippen molar-refractivity contribution in [3.63, 3.8) is 0 Å². The smallest absolute Gasteiger partial charge is 0.295 e. The van der Waals surface area contributed by atoms with E-state index in [1.165, 1.54) is 22.8 Å². The number of amides is 2. The molecule has 156 valence electrons. The maximum atomic E-state index is 12.4. The predicted octanol–water partition coefficient (Wildman–Crippen LogP) is 4.68. The number of nitrogens with zero attached hydrogens (tertiary/aromatic N) is 3. The van der Waals surface area contributed by atoms with Gasteiger partial charge in [-0.2, -0.15) is 0 Å². The van der Waals surface area contributed by atoms with Gasteiger partial charge >= 0.3 is 0 Å². The number of rotatable bonds is 7. The van der Waals surface area contributed by atoms with Gasteiger partial charge in [-0.05, 0) is 55.8 Å². The van der Waals surface area contributed by atoms with Gasteiger partial charge in [0, 0.05) is 28.4 Å². The summed E-state index contributed by atoms with van der Waals surface area (Å²) in [4.78, 5) is 24.5. The Balaban J connectivity index is 1.79. The molecule has 3 aromatic rings. The molecule has 0 saturated carbocycles. The van der Waals surface area contributed by atoms with Crippen LogP contribution < -0.4 is 4.74 Å². The molecule has 1 aromatic heterocycles. The summed E-state index contributed by atoms with van der Waals surface area (Å²) in [6.45, 7) is 4.84. The standard InChI is InChI=1S/C22H23N3O5/c1-3-5-12-25-21(28)17-11-8-15(13-18(17)22(25)29)20(27)24-23-19(26)14-6-9-16(10-7-14)30-4-2/h6-11,13,28-29H,3-5,12H2,1-2H3. The second kappa shape index (κ2) is 9.21. The fourth-order valence-corrected chi connectivity index (χ4v) is 3.04. The number of aromatic nitrogens is 1. The highest BCUT2D eigenvalue weighted by Gasteiger charge is 2.17. The van der Waals surface area contributed by atoms with E-state index in [0.29, 0.717) is 29.7 Å². The molecule has 0 radical (unpaired) electrons. The Hall–Kier alpha value is -3.68. The van der Waals surface area contributed by atoms with Crippen molar-refractivity contribution >= 4 is 22.6 Å². The number of ether oxygens (including phenoxy) is 1. The number of aromatic hydroxyl groups is 2. The first-order chi connectivity index (χ1) is 14.5. The quantitative estimate of drug-likeness (QED) is 0.550. The van der Waals surface area contributed by atoms with Gasteiger partial charge in [-0.15, -0.1) is 10.2 Å². The molecular weight excluding hydrogens is 386 g/mol. The molecule has 0 unspecified atom stereocenters. The van der Waals surface area contributed by atoms with E-state index in [0.717, 1.165) is 12.8 Å². The van der Waals surface area contributed by atoms with Gasteiger partial charge in [-0.25, -0.2) is 0 Å². The van der Waals surface area contributed by atoms with Crippen LogP contribution in [0.15, 0.2) is 52.7 Å². The number of hydrogen-bond acceptors (Lipinski definition) is 5. The van der Waals surface area contributed by atoms with E-state index in [1.54, 1.807) is 24.3 Å². The van der Waals surface area contributed by atoms with Crippen LogP contribution in [0.25, 0.3) is 10.8 Å². The Morgan fingerprint density at radius 1 is 0.900 bits per heavy atom. The topological polar surface area (TPSA) is 113 Å². The third kappa shape index (κ3) is 4.32. The van der Waals surface area contributed by atoms with Crippen molar-refractivity contribution in [3.05, 3.63) is 53.6 Å². The Labute approximate surface area is 173 Å². The summed E-state index contributed by atoms with van der Waals surface area (Å²) in [6, 6.07) is 10.8. The summed E-state index contributed by atoms with van der Waals surface area (Å²) in [7, 11) is 0. The molecule has 2 aromatic carbocycles. The molecule has 3 rings (SSSR count). The van der Waals surface area contributed by atoms with Crippen molar-refractivity contribution in [3.8, 4) is 17.5 Å². The molecule has 1 heterocycles. The Morgan fingerprint density at radius 3 is 2.13 bits per heavy atom. The zero-order valence-corrected chi connectivity index (χ0v) is 16.8. The van der Waals surface area contributed by atoms with Gasteiger partial charge in [-0.3, -0.25) is 14.2 Å². The van der Waals surface area contributed by atoms with E-state index in [9.17, 15) is 19.8 Å². The van der Waals surface area contributed by atoms with Crippen molar-refractivity contribution in [1.29, 1.82) is 0 Å². The van der Waals surface area contributed by atoms with Crippen LogP contribution in [-0.2, 0) is 6.54 Å². The van der Waals surface area contributed by atoms with E-state index in [2.05, 4.69) is 10.2 Å². The van der Waals surface area contributed by atoms with E-state index in [1.807, 2.05) is 13.8 Å². The normalized spacial score (nSPS) is 11.3. The first-order valence-electron chi connectivity index (χ1n) is 9.73. The van der Waals surface area contributed by atoms with Crippen LogP contribution >= 0.6 is 0 Å². The molecule has 0 fully saturated rings. The molecule has 30 heavy (non-hydrogen) atoms.